The van der Waals surface area contributed by atoms with Gasteiger partial charge in [-0.3, -0.25) is 9.36 Å². The Morgan fingerprint density at radius 2 is 1.85 bits per heavy atom. The number of imidazole rings is 1. The summed E-state index contributed by atoms with van der Waals surface area (Å²) in [7, 11) is 0. The van der Waals surface area contributed by atoms with Crippen molar-refractivity contribution in [1.82, 2.24) is 19.5 Å². The fourth-order valence-electron chi connectivity index (χ4n) is 4.76. The molecule has 2 fully saturated rings. The zero-order chi connectivity index (χ0) is 23.9. The summed E-state index contributed by atoms with van der Waals surface area (Å²) in [5.74, 6) is -1.51. The Hall–Kier alpha value is -3.01. The molecule has 0 radical (unpaired) electrons. The second-order valence-corrected chi connectivity index (χ2v) is 9.71. The topological polar surface area (TPSA) is 111 Å². The number of halogens is 3. The minimum absolute atomic E-state index is 0.0542. The van der Waals surface area contributed by atoms with Crippen LogP contribution in [0, 0.1) is 17.0 Å². The van der Waals surface area contributed by atoms with Gasteiger partial charge in [0.25, 0.3) is 0 Å². The fourth-order valence-corrected chi connectivity index (χ4v) is 4.95. The molecule has 0 unspecified atom stereocenters. The van der Waals surface area contributed by atoms with E-state index in [0.29, 0.717) is 36.0 Å². The molecule has 5 rings (SSSR count). The molecule has 0 aliphatic heterocycles. The van der Waals surface area contributed by atoms with Crippen molar-refractivity contribution in [2.75, 3.05) is 10.6 Å². The van der Waals surface area contributed by atoms with Crippen LogP contribution in [0.3, 0.4) is 0 Å². The van der Waals surface area contributed by atoms with Gasteiger partial charge >= 0.3 is 0 Å². The summed E-state index contributed by atoms with van der Waals surface area (Å²) in [4.78, 5) is 26.1. The number of fused-ring (bicyclic) bond motifs is 1. The van der Waals surface area contributed by atoms with Crippen molar-refractivity contribution in [3.05, 3.63) is 35.0 Å². The molecule has 11 heteroatoms. The van der Waals surface area contributed by atoms with Gasteiger partial charge in [0.05, 0.1) is 11.6 Å². The largest absolute Gasteiger partial charge is 0.369 e. The molecule has 0 spiro atoms. The van der Waals surface area contributed by atoms with E-state index in [1.54, 1.807) is 10.8 Å². The average Bonchev–Trinajstić information content (AvgIpc) is 3.10. The quantitative estimate of drug-likeness (QED) is 0.435. The van der Waals surface area contributed by atoms with Crippen LogP contribution in [0.4, 0.5) is 26.4 Å². The Kier molecular flexibility index (Phi) is 6.01. The zero-order valence-electron chi connectivity index (χ0n) is 18.6. The Labute approximate surface area is 200 Å². The molecular weight excluding hydrogens is 464 g/mol. The van der Waals surface area contributed by atoms with E-state index in [1.165, 1.54) is 0 Å². The van der Waals surface area contributed by atoms with E-state index in [-0.39, 0.29) is 17.5 Å². The first-order valence-corrected chi connectivity index (χ1v) is 11.9. The summed E-state index contributed by atoms with van der Waals surface area (Å²) in [5.41, 5.74) is 5.58. The second-order valence-electron chi connectivity index (χ2n) is 9.27. The molecule has 1 aromatic carbocycles. The first-order valence-electron chi connectivity index (χ1n) is 11.6. The van der Waals surface area contributed by atoms with E-state index in [1.807, 2.05) is 0 Å². The third-order valence-electron chi connectivity index (χ3n) is 6.96. The highest BCUT2D eigenvalue weighted by Crippen LogP contribution is 2.40. The Morgan fingerprint density at radius 3 is 2.47 bits per heavy atom. The van der Waals surface area contributed by atoms with Gasteiger partial charge < -0.3 is 16.4 Å². The lowest BCUT2D eigenvalue weighted by Crippen LogP contribution is -2.42. The maximum absolute atomic E-state index is 14.6. The molecule has 3 aromatic rings. The summed E-state index contributed by atoms with van der Waals surface area (Å²) >= 11 is 5.77. The highest BCUT2D eigenvalue weighted by molar-refractivity contribution is 6.30. The fraction of sp³-hybridized carbons (Fsp3) is 0.478. The standard InChI is InChI=1S/C23H26ClF2N7O/c24-13-9-15(25)18(16(26)10-13)31-22-30-17-11-28-21(29-14-5-4-6-14)32-19(17)33(22)12-23(20(27)34)7-2-1-3-8-23/h9-11,14H,1-8,12H2,(H2,27,34)(H,30,31)(H,28,29,32). The van der Waals surface area contributed by atoms with Crippen molar-refractivity contribution in [1.29, 1.82) is 0 Å². The number of anilines is 3. The first kappa shape index (κ1) is 22.8. The van der Waals surface area contributed by atoms with Gasteiger partial charge in [0.1, 0.15) is 11.2 Å². The van der Waals surface area contributed by atoms with Crippen LogP contribution in [0.5, 0.6) is 0 Å². The molecule has 0 saturated heterocycles. The molecule has 2 aromatic heterocycles. The number of nitrogens with zero attached hydrogens (tertiary/aromatic N) is 4. The molecule has 2 aliphatic rings. The minimum Gasteiger partial charge on any atom is -0.369 e. The SMILES string of the molecule is NC(=O)C1(Cn2c(Nc3c(F)cc(Cl)cc3F)nc3cnc(NC4CCC4)nc32)CCCCC1. The molecule has 0 bridgehead atoms. The number of aromatic nitrogens is 4. The monoisotopic (exact) mass is 489 g/mol. The van der Waals surface area contributed by atoms with Gasteiger partial charge in [-0.1, -0.05) is 30.9 Å². The summed E-state index contributed by atoms with van der Waals surface area (Å²) in [6.07, 6.45) is 8.87. The predicted molar refractivity (Wildman–Crippen MR) is 126 cm³/mol. The third-order valence-corrected chi connectivity index (χ3v) is 7.18. The van der Waals surface area contributed by atoms with Crippen molar-refractivity contribution in [3.8, 4) is 0 Å². The van der Waals surface area contributed by atoms with E-state index < -0.39 is 28.6 Å². The van der Waals surface area contributed by atoms with Gasteiger partial charge in [-0.15, -0.1) is 0 Å². The van der Waals surface area contributed by atoms with E-state index in [9.17, 15) is 13.6 Å². The molecule has 2 aliphatic carbocycles. The Morgan fingerprint density at radius 1 is 1.15 bits per heavy atom. The second kappa shape index (κ2) is 8.98. The van der Waals surface area contributed by atoms with Gasteiger partial charge in [0.15, 0.2) is 17.3 Å². The molecule has 2 saturated carbocycles. The number of carbonyl (C=O) groups excluding carboxylic acids is 1. The third kappa shape index (κ3) is 4.26. The van der Waals surface area contributed by atoms with Crippen molar-refractivity contribution >= 4 is 46.3 Å². The van der Waals surface area contributed by atoms with Gasteiger partial charge in [0, 0.05) is 17.6 Å². The Bertz CT molecular complexity index is 1210. The lowest BCUT2D eigenvalue weighted by atomic mass is 9.73. The molecule has 0 atom stereocenters. The minimum atomic E-state index is -0.857. The number of hydrogen-bond acceptors (Lipinski definition) is 6. The van der Waals surface area contributed by atoms with Gasteiger partial charge in [-0.25, -0.2) is 18.7 Å². The smallest absolute Gasteiger partial charge is 0.225 e. The van der Waals surface area contributed by atoms with Gasteiger partial charge in [-0.05, 0) is 44.2 Å². The molecule has 4 N–H and O–H groups in total. The molecule has 1 amide bonds. The van der Waals surface area contributed by atoms with Gasteiger partial charge in [-0.2, -0.15) is 4.98 Å². The van der Waals surface area contributed by atoms with Crippen molar-refractivity contribution in [2.24, 2.45) is 11.1 Å². The van der Waals surface area contributed by atoms with E-state index in [0.717, 1.165) is 50.7 Å². The maximum Gasteiger partial charge on any atom is 0.225 e. The summed E-state index contributed by atoms with van der Waals surface area (Å²) in [6, 6.07) is 2.36. The van der Waals surface area contributed by atoms with Crippen molar-refractivity contribution in [3.63, 3.8) is 0 Å². The number of carbonyl (C=O) groups is 1. The molecule has 180 valence electrons. The molecule has 2 heterocycles. The predicted octanol–water partition coefficient (Wildman–Crippen LogP) is 4.90. The van der Waals surface area contributed by atoms with Crippen molar-refractivity contribution in [2.45, 2.75) is 64.0 Å². The van der Waals surface area contributed by atoms with E-state index >= 15 is 0 Å². The number of hydrogen-bond donors (Lipinski definition) is 3. The maximum atomic E-state index is 14.6. The molecule has 8 nitrogen and oxygen atoms in total. The number of amides is 1. The van der Waals surface area contributed by atoms with Crippen LogP contribution in [-0.2, 0) is 11.3 Å². The number of primary amides is 1. The first-order chi connectivity index (χ1) is 16.3. The summed E-state index contributed by atoms with van der Waals surface area (Å²) < 4.78 is 30.8. The number of benzene rings is 1. The number of rotatable bonds is 7. The lowest BCUT2D eigenvalue weighted by molar-refractivity contribution is -0.130. The lowest BCUT2D eigenvalue weighted by Gasteiger charge is -2.35. The number of nitrogens with one attached hydrogen (secondary N) is 2. The summed E-state index contributed by atoms with van der Waals surface area (Å²) in [5, 5.41) is 6.01. The van der Waals surface area contributed by atoms with Crippen molar-refractivity contribution < 1.29 is 13.6 Å². The van der Waals surface area contributed by atoms with E-state index in [2.05, 4.69) is 25.6 Å². The highest BCUT2D eigenvalue weighted by Gasteiger charge is 2.39. The Balaban J connectivity index is 1.59. The summed E-state index contributed by atoms with van der Waals surface area (Å²) in [6.45, 7) is 0.192. The zero-order valence-corrected chi connectivity index (χ0v) is 19.3. The van der Waals surface area contributed by atoms with Crippen LogP contribution in [0.25, 0.3) is 11.2 Å². The normalized spacial score (nSPS) is 18.0. The van der Waals surface area contributed by atoms with Crippen LogP contribution in [0.1, 0.15) is 51.4 Å². The van der Waals surface area contributed by atoms with Crippen LogP contribution in [-0.4, -0.2) is 31.5 Å². The van der Waals surface area contributed by atoms with Crippen LogP contribution in [0.2, 0.25) is 5.02 Å². The van der Waals surface area contributed by atoms with E-state index in [4.69, 9.17) is 17.3 Å². The van der Waals surface area contributed by atoms with Gasteiger partial charge in [0.2, 0.25) is 17.8 Å². The molecular formula is C23H26ClF2N7O. The van der Waals surface area contributed by atoms with Crippen LogP contribution < -0.4 is 16.4 Å². The highest BCUT2D eigenvalue weighted by atomic mass is 35.5. The molecule has 34 heavy (non-hydrogen) atoms. The average molecular weight is 490 g/mol. The van der Waals surface area contributed by atoms with Crippen LogP contribution >= 0.6 is 11.6 Å². The number of nitrogens with two attached hydrogens (primary N) is 1. The van der Waals surface area contributed by atoms with Crippen LogP contribution in [0.15, 0.2) is 18.3 Å².